The number of halogens is 1. The van der Waals surface area contributed by atoms with E-state index in [-0.39, 0.29) is 169 Å². The minimum Gasteiger partial charge on any atom is -0.744 e. The Balaban J connectivity index is 0.00000320. The van der Waals surface area contributed by atoms with Crippen LogP contribution in [-0.2, 0) is 39.0 Å². The van der Waals surface area contributed by atoms with Crippen LogP contribution in [0.3, 0.4) is 0 Å². The van der Waals surface area contributed by atoms with E-state index in [0.29, 0.717) is 45.3 Å². The molecule has 1 aromatic heterocycles. The first kappa shape index (κ1) is 55.9. The van der Waals surface area contributed by atoms with E-state index in [1.807, 2.05) is 0 Å². The number of hydrogen-bond acceptors (Lipinski definition) is 23. The van der Waals surface area contributed by atoms with Gasteiger partial charge in [0.1, 0.15) is 25.9 Å². The Morgan fingerprint density at radius 2 is 1.11 bits per heavy atom. The van der Waals surface area contributed by atoms with Crippen molar-refractivity contribution in [1.29, 1.82) is 0 Å². The predicted octanol–water partition coefficient (Wildman–Crippen LogP) is -5.72. The van der Waals surface area contributed by atoms with Crippen LogP contribution < -0.4 is 139 Å². The zero-order chi connectivity index (χ0) is 40.6. The molecule has 0 atom stereocenters. The summed E-state index contributed by atoms with van der Waals surface area (Å²) < 4.78 is 82.6. The third-order valence-electron chi connectivity index (χ3n) is 7.13. The summed E-state index contributed by atoms with van der Waals surface area (Å²) in [5, 5.41) is 48.1. The third-order valence-corrected chi connectivity index (χ3v) is 10.2. The Labute approximate surface area is 448 Å². The summed E-state index contributed by atoms with van der Waals surface area (Å²) in [6, 6.07) is 22.5. The second-order valence-electron chi connectivity index (χ2n) is 10.7. The van der Waals surface area contributed by atoms with Crippen LogP contribution >= 0.6 is 35.7 Å². The van der Waals surface area contributed by atoms with Gasteiger partial charge in [-0.3, -0.25) is 10.1 Å². The monoisotopic (exact) mass is 963 g/mol. The molecule has 21 nitrogen and oxygen atoms in total. The molecular formula is C31H18ClN9Na4O12S4. The van der Waals surface area contributed by atoms with Crippen molar-refractivity contribution in [2.24, 2.45) is 20.5 Å². The molecule has 0 saturated carbocycles. The SMILES string of the molecule is O=S(=O)([O-])c1cc(N=Nc2ccc(SOO[O-])cc2)ccc1N=Nc1ccc(Nc2nc(Cl)nc(Nc3ccc(SOO[O-])cc3)n2)c2c(S(=O)(=O)[O-])cccc12.[Na+].[Na+].[Na+].[Na+]. The van der Waals surface area contributed by atoms with E-state index < -0.39 is 30.0 Å². The van der Waals surface area contributed by atoms with E-state index in [0.717, 1.165) is 18.2 Å². The van der Waals surface area contributed by atoms with Crippen LogP contribution in [0.1, 0.15) is 0 Å². The minimum absolute atomic E-state index is 0. The van der Waals surface area contributed by atoms with E-state index in [1.165, 1.54) is 42.5 Å². The van der Waals surface area contributed by atoms with Crippen molar-refractivity contribution in [2.75, 3.05) is 10.6 Å². The van der Waals surface area contributed by atoms with E-state index in [4.69, 9.17) is 11.6 Å². The quantitative estimate of drug-likeness (QED) is 0.0228. The Hall–Kier alpha value is -1.26. The van der Waals surface area contributed by atoms with Gasteiger partial charge >= 0.3 is 118 Å². The molecule has 6 rings (SSSR count). The van der Waals surface area contributed by atoms with Crippen molar-refractivity contribution >= 4 is 113 Å². The molecule has 0 radical (unpaired) electrons. The summed E-state index contributed by atoms with van der Waals surface area (Å²) in [7, 11) is -10.3. The molecular weight excluding hydrogens is 946 g/mol. The number of anilines is 4. The molecule has 0 amide bonds. The van der Waals surface area contributed by atoms with Crippen LogP contribution in [0, 0.1) is 0 Å². The molecule has 0 aliphatic carbocycles. The first-order valence-electron chi connectivity index (χ1n) is 15.2. The molecule has 61 heavy (non-hydrogen) atoms. The van der Waals surface area contributed by atoms with Gasteiger partial charge in [0, 0.05) is 26.3 Å². The van der Waals surface area contributed by atoms with Gasteiger partial charge in [0.2, 0.25) is 17.2 Å². The molecule has 0 fully saturated rings. The van der Waals surface area contributed by atoms with Crippen LogP contribution in [0.2, 0.25) is 5.28 Å². The average molecular weight is 964 g/mol. The van der Waals surface area contributed by atoms with Gasteiger partial charge in [-0.25, -0.2) is 16.8 Å². The largest absolute Gasteiger partial charge is 1.00 e. The molecule has 294 valence electrons. The zero-order valence-corrected chi connectivity index (χ0v) is 43.8. The van der Waals surface area contributed by atoms with Crippen LogP contribution in [0.15, 0.2) is 137 Å². The van der Waals surface area contributed by atoms with Gasteiger partial charge in [0.15, 0.2) is 0 Å². The molecule has 0 aliphatic rings. The van der Waals surface area contributed by atoms with Crippen molar-refractivity contribution in [1.82, 2.24) is 15.0 Å². The van der Waals surface area contributed by atoms with Gasteiger partial charge in [-0.05, 0) is 96.5 Å². The molecule has 2 N–H and O–H groups in total. The smallest absolute Gasteiger partial charge is 0.744 e. The number of nitrogens with one attached hydrogen (secondary N) is 2. The van der Waals surface area contributed by atoms with Crippen LogP contribution in [0.4, 0.5) is 46.0 Å². The number of rotatable bonds is 16. The molecule has 0 spiro atoms. The maximum absolute atomic E-state index is 12.4. The summed E-state index contributed by atoms with van der Waals surface area (Å²) in [6.45, 7) is 0. The normalized spacial score (nSPS) is 11.4. The van der Waals surface area contributed by atoms with Crippen LogP contribution in [0.5, 0.6) is 0 Å². The number of benzene rings is 5. The van der Waals surface area contributed by atoms with Gasteiger partial charge < -0.3 is 30.3 Å². The Bertz CT molecular complexity index is 2720. The number of hydrogen-bond donors (Lipinski definition) is 2. The van der Waals surface area contributed by atoms with E-state index >= 15 is 0 Å². The first-order chi connectivity index (χ1) is 27.3. The predicted molar refractivity (Wildman–Crippen MR) is 195 cm³/mol. The fourth-order valence-corrected chi connectivity index (χ4v) is 7.02. The van der Waals surface area contributed by atoms with Gasteiger partial charge in [-0.15, -0.1) is 10.2 Å². The summed E-state index contributed by atoms with van der Waals surface area (Å²) in [5.41, 5.74) is 0.405. The maximum atomic E-state index is 12.4. The molecule has 0 unspecified atom stereocenters. The van der Waals surface area contributed by atoms with Crippen molar-refractivity contribution in [3.63, 3.8) is 0 Å². The molecule has 6 aromatic rings. The summed E-state index contributed by atoms with van der Waals surface area (Å²) in [6.07, 6.45) is 0. The molecule has 30 heteroatoms. The molecule has 0 aliphatic heterocycles. The fraction of sp³-hybridized carbons (Fsp3) is 0. The third kappa shape index (κ3) is 16.0. The van der Waals surface area contributed by atoms with E-state index in [9.17, 15) is 36.5 Å². The Kier molecular flexibility index (Phi) is 23.8. The minimum atomic E-state index is -5.15. The average Bonchev–Trinajstić information content (AvgIpc) is 3.18. The van der Waals surface area contributed by atoms with Gasteiger partial charge in [0.05, 0.1) is 56.6 Å². The van der Waals surface area contributed by atoms with Crippen molar-refractivity contribution in [2.45, 2.75) is 19.6 Å². The second kappa shape index (κ2) is 26.0. The molecule has 1 heterocycles. The Morgan fingerprint density at radius 3 is 1.70 bits per heavy atom. The van der Waals surface area contributed by atoms with E-state index in [2.05, 4.69) is 64.8 Å². The second-order valence-corrected chi connectivity index (χ2v) is 15.3. The van der Waals surface area contributed by atoms with Crippen LogP contribution in [-0.4, -0.2) is 40.9 Å². The summed E-state index contributed by atoms with van der Waals surface area (Å²) in [5.74, 6) is -0.203. The number of azo groups is 2. The van der Waals surface area contributed by atoms with Crippen molar-refractivity contribution in [3.8, 4) is 0 Å². The standard InChI is InChI=1S/C31H22ClN9O12S4.4Na/c32-29-35-30(33-17-4-9-20(10-5-17)54-52-50-42)37-31(36-29)34-25-15-14-23(22-2-1-3-26(28(22)25)56(44,45)46)40-41-24-13-8-19(16-27(24)57(47,48)49)39-38-18-6-11-21(12-7-18)55-53-51-43;;;;/h1-16,42-43H,(H,44,45,46)(H,47,48,49)(H2,33,34,35,36,37);;;;/q;4*+1/p-4. The van der Waals surface area contributed by atoms with Crippen molar-refractivity contribution < 1.29 is 173 Å². The molecule has 5 aromatic carbocycles. The Morgan fingerprint density at radius 1 is 0.590 bits per heavy atom. The topological polar surface area (TPSA) is 310 Å². The van der Waals surface area contributed by atoms with Crippen LogP contribution in [0.25, 0.3) is 10.8 Å². The van der Waals surface area contributed by atoms with Gasteiger partial charge in [-0.1, -0.05) is 12.1 Å². The number of nitrogens with zero attached hydrogens (tertiary/aromatic N) is 7. The first-order valence-corrected chi connectivity index (χ1v) is 19.9. The van der Waals surface area contributed by atoms with E-state index in [1.54, 1.807) is 36.4 Å². The van der Waals surface area contributed by atoms with Gasteiger partial charge in [0.25, 0.3) is 0 Å². The maximum Gasteiger partial charge on any atom is 1.00 e. The zero-order valence-electron chi connectivity index (χ0n) is 31.8. The van der Waals surface area contributed by atoms with Crippen molar-refractivity contribution in [3.05, 3.63) is 102 Å². The fourth-order valence-electron chi connectivity index (χ4n) is 4.81. The number of fused-ring (bicyclic) bond motifs is 1. The summed E-state index contributed by atoms with van der Waals surface area (Å²) >= 11 is 7.51. The van der Waals surface area contributed by atoms with Gasteiger partial charge in [-0.2, -0.15) is 33.8 Å². The molecule has 0 bridgehead atoms. The number of aromatic nitrogens is 3. The molecule has 0 saturated heterocycles. The summed E-state index contributed by atoms with van der Waals surface area (Å²) in [4.78, 5) is 11.9.